The van der Waals surface area contributed by atoms with Gasteiger partial charge in [0, 0.05) is 24.5 Å². The molecule has 0 spiro atoms. The van der Waals surface area contributed by atoms with Crippen LogP contribution in [-0.2, 0) is 20.7 Å². The predicted molar refractivity (Wildman–Crippen MR) is 157 cm³/mol. The summed E-state index contributed by atoms with van der Waals surface area (Å²) in [7, 11) is 4.42. The third kappa shape index (κ3) is 7.63. The van der Waals surface area contributed by atoms with Crippen LogP contribution in [0.2, 0.25) is 0 Å². The van der Waals surface area contributed by atoms with Gasteiger partial charge in [-0.25, -0.2) is 14.5 Å². The lowest BCUT2D eigenvalue weighted by molar-refractivity contribution is -0.143. The Morgan fingerprint density at radius 2 is 1.71 bits per heavy atom. The molecule has 41 heavy (non-hydrogen) atoms. The third-order valence-electron chi connectivity index (χ3n) is 6.62. The summed E-state index contributed by atoms with van der Waals surface area (Å²) in [5.41, 5.74) is 2.13. The number of para-hydroxylation sites is 1. The van der Waals surface area contributed by atoms with Crippen LogP contribution in [0.4, 0.5) is 16.2 Å². The number of carbonyl (C=O) groups is 3. The Hall–Kier alpha value is -3.93. The minimum Gasteiger partial charge on any atom is -0.495 e. The van der Waals surface area contributed by atoms with Gasteiger partial charge in [0.15, 0.2) is 5.78 Å². The summed E-state index contributed by atoms with van der Waals surface area (Å²) < 4.78 is 22.8. The van der Waals surface area contributed by atoms with E-state index in [2.05, 4.69) is 26.6 Å². The van der Waals surface area contributed by atoms with Crippen LogP contribution in [0.1, 0.15) is 28.8 Å². The van der Waals surface area contributed by atoms with Crippen molar-refractivity contribution in [3.05, 3.63) is 82.3 Å². The van der Waals surface area contributed by atoms with Crippen LogP contribution < -0.4 is 20.1 Å². The van der Waals surface area contributed by atoms with E-state index in [9.17, 15) is 14.4 Å². The lowest BCUT2D eigenvalue weighted by Crippen LogP contribution is -2.49. The van der Waals surface area contributed by atoms with Gasteiger partial charge >= 0.3 is 12.0 Å². The number of carbonyl (C=O) groups excluding carboxylic acids is 3. The van der Waals surface area contributed by atoms with Crippen molar-refractivity contribution in [3.63, 3.8) is 0 Å². The molecule has 2 atom stereocenters. The van der Waals surface area contributed by atoms with Crippen molar-refractivity contribution >= 4 is 45.1 Å². The summed E-state index contributed by atoms with van der Waals surface area (Å²) in [4.78, 5) is 40.0. The van der Waals surface area contributed by atoms with Crippen LogP contribution in [0.5, 0.6) is 11.5 Å². The number of esters is 1. The molecule has 216 valence electrons. The Kier molecular flexibility index (Phi) is 10.3. The number of ether oxygens (including phenoxy) is 4. The zero-order chi connectivity index (χ0) is 29.4. The average Bonchev–Trinajstić information content (AvgIpc) is 3.46. The molecular formula is C30H32BrN3O7. The van der Waals surface area contributed by atoms with E-state index in [1.54, 1.807) is 55.6 Å². The molecule has 2 amide bonds. The summed E-state index contributed by atoms with van der Waals surface area (Å²) in [5.74, 6) is 0.205. The number of nitrogens with one attached hydrogen (secondary N) is 2. The van der Waals surface area contributed by atoms with Gasteiger partial charge in [0.05, 0.1) is 31.2 Å². The number of ketones is 1. The number of urea groups is 1. The first-order chi connectivity index (χ1) is 19.8. The second-order valence-corrected chi connectivity index (χ2v) is 10.1. The van der Waals surface area contributed by atoms with Crippen molar-refractivity contribution in [2.24, 2.45) is 0 Å². The lowest BCUT2D eigenvalue weighted by Gasteiger charge is -2.31. The molecule has 0 aromatic heterocycles. The predicted octanol–water partition coefficient (Wildman–Crippen LogP) is 5.47. The number of benzene rings is 3. The number of Topliss-reactive ketones (excluding diaryl/α,β-unsaturated/α-hetero) is 1. The van der Waals surface area contributed by atoms with Gasteiger partial charge in [0.1, 0.15) is 17.7 Å². The second kappa shape index (κ2) is 14.1. The number of amides is 2. The highest BCUT2D eigenvalue weighted by Gasteiger charge is 2.36. The number of halogens is 1. The lowest BCUT2D eigenvalue weighted by atomic mass is 10.1. The topological polar surface area (TPSA) is 115 Å². The van der Waals surface area contributed by atoms with E-state index in [1.807, 2.05) is 23.1 Å². The molecule has 1 unspecified atom stereocenters. The third-order valence-corrected chi connectivity index (χ3v) is 7.32. The van der Waals surface area contributed by atoms with Crippen LogP contribution in [0.3, 0.4) is 0 Å². The number of likely N-dealkylation sites (tertiary alicyclic amines) is 1. The largest absolute Gasteiger partial charge is 0.495 e. The van der Waals surface area contributed by atoms with Crippen molar-refractivity contribution in [3.8, 4) is 11.5 Å². The Morgan fingerprint density at radius 1 is 0.976 bits per heavy atom. The molecule has 0 saturated carbocycles. The SMILES string of the molecule is COC(=O)c1ccc(OC(C(=O)Cc2ccc(NC(=O)Nc3ccccc3Br)c(OC)c2)N2CCC[C@@H]2OC)cc1. The smallest absolute Gasteiger partial charge is 0.337 e. The molecule has 1 fully saturated rings. The van der Waals surface area contributed by atoms with Gasteiger partial charge in [-0.3, -0.25) is 4.79 Å². The fourth-order valence-corrected chi connectivity index (χ4v) is 4.97. The van der Waals surface area contributed by atoms with Crippen LogP contribution >= 0.6 is 15.9 Å². The Labute approximate surface area is 247 Å². The molecule has 1 saturated heterocycles. The van der Waals surface area contributed by atoms with Gasteiger partial charge < -0.3 is 29.6 Å². The van der Waals surface area contributed by atoms with Crippen molar-refractivity contribution < 1.29 is 33.3 Å². The molecule has 4 rings (SSSR count). The van der Waals surface area contributed by atoms with Crippen LogP contribution in [-0.4, -0.2) is 63.0 Å². The van der Waals surface area contributed by atoms with Crippen molar-refractivity contribution in [2.75, 3.05) is 38.5 Å². The van der Waals surface area contributed by atoms with E-state index >= 15 is 0 Å². The van der Waals surface area contributed by atoms with Crippen LogP contribution in [0.25, 0.3) is 0 Å². The van der Waals surface area contributed by atoms with E-state index in [1.165, 1.54) is 14.2 Å². The van der Waals surface area contributed by atoms with Crippen molar-refractivity contribution in [2.45, 2.75) is 31.7 Å². The first-order valence-electron chi connectivity index (χ1n) is 13.0. The summed E-state index contributed by atoms with van der Waals surface area (Å²) in [6, 6.07) is 18.4. The highest BCUT2D eigenvalue weighted by Crippen LogP contribution is 2.29. The molecule has 1 aliphatic rings. The van der Waals surface area contributed by atoms with E-state index in [0.717, 1.165) is 17.3 Å². The van der Waals surface area contributed by atoms with Gasteiger partial charge in [-0.1, -0.05) is 18.2 Å². The zero-order valence-electron chi connectivity index (χ0n) is 23.0. The van der Waals surface area contributed by atoms with Gasteiger partial charge in [-0.05, 0) is 82.9 Å². The standard InChI is InChI=1S/C30H32BrN3O7/c1-38-26-18-19(10-15-24(26)33-30(37)32-23-8-5-4-7-22(23)31)17-25(35)28(34-16-6-9-27(34)39-2)41-21-13-11-20(12-14-21)29(36)40-3/h4-5,7-8,10-15,18,27-28H,6,9,16-17H2,1-3H3,(H2,32,33,37)/t27-,28?/m0/s1. The van der Waals surface area contributed by atoms with Crippen LogP contribution in [0.15, 0.2) is 71.2 Å². The minimum atomic E-state index is -0.912. The second-order valence-electron chi connectivity index (χ2n) is 9.29. The number of hydrogen-bond acceptors (Lipinski definition) is 8. The maximum atomic E-state index is 13.7. The quantitative estimate of drug-likeness (QED) is 0.269. The first-order valence-corrected chi connectivity index (χ1v) is 13.8. The fourth-order valence-electron chi connectivity index (χ4n) is 4.59. The number of methoxy groups -OCH3 is 3. The summed E-state index contributed by atoms with van der Waals surface area (Å²) in [5, 5.41) is 5.57. The Morgan fingerprint density at radius 3 is 2.39 bits per heavy atom. The minimum absolute atomic E-state index is 0.0532. The van der Waals surface area contributed by atoms with Gasteiger partial charge in [-0.2, -0.15) is 0 Å². The number of rotatable bonds is 11. The Bertz CT molecular complexity index is 1380. The summed E-state index contributed by atoms with van der Waals surface area (Å²) in [6.45, 7) is 0.633. The molecule has 0 radical (unpaired) electrons. The average molecular weight is 627 g/mol. The molecular weight excluding hydrogens is 594 g/mol. The number of nitrogens with zero attached hydrogens (tertiary/aromatic N) is 1. The normalized spacial score (nSPS) is 15.6. The van der Waals surface area contributed by atoms with Crippen molar-refractivity contribution in [1.82, 2.24) is 4.90 Å². The molecule has 1 aliphatic heterocycles. The van der Waals surface area contributed by atoms with E-state index in [-0.39, 0.29) is 18.4 Å². The summed E-state index contributed by atoms with van der Waals surface area (Å²) >= 11 is 3.41. The van der Waals surface area contributed by atoms with Gasteiger partial charge in [0.2, 0.25) is 6.23 Å². The monoisotopic (exact) mass is 625 g/mol. The molecule has 10 nitrogen and oxygen atoms in total. The maximum Gasteiger partial charge on any atom is 0.337 e. The number of anilines is 2. The molecule has 2 N–H and O–H groups in total. The Balaban J connectivity index is 1.49. The first kappa shape index (κ1) is 30.0. The van der Waals surface area contributed by atoms with Gasteiger partial charge in [-0.15, -0.1) is 0 Å². The molecule has 1 heterocycles. The van der Waals surface area contributed by atoms with E-state index in [4.69, 9.17) is 18.9 Å². The van der Waals surface area contributed by atoms with Crippen LogP contribution in [0, 0.1) is 0 Å². The molecule has 11 heteroatoms. The van der Waals surface area contributed by atoms with E-state index < -0.39 is 18.2 Å². The van der Waals surface area contributed by atoms with E-state index in [0.29, 0.717) is 40.5 Å². The maximum absolute atomic E-state index is 13.7. The molecule has 0 aliphatic carbocycles. The number of hydrogen-bond donors (Lipinski definition) is 2. The summed E-state index contributed by atoms with van der Waals surface area (Å²) in [6.07, 6.45) is 0.522. The highest BCUT2D eigenvalue weighted by molar-refractivity contribution is 9.10. The van der Waals surface area contributed by atoms with Gasteiger partial charge in [0.25, 0.3) is 0 Å². The molecule has 3 aromatic rings. The fraction of sp³-hybridized carbons (Fsp3) is 0.300. The van der Waals surface area contributed by atoms with Crippen molar-refractivity contribution in [1.29, 1.82) is 0 Å². The highest BCUT2D eigenvalue weighted by atomic mass is 79.9. The molecule has 3 aromatic carbocycles. The molecule has 0 bridgehead atoms. The zero-order valence-corrected chi connectivity index (χ0v) is 24.6.